The molecule has 0 saturated carbocycles. The second kappa shape index (κ2) is 5.39. The molecule has 0 fully saturated rings. The molecule has 0 spiro atoms. The van der Waals surface area contributed by atoms with Crippen LogP contribution >= 0.6 is 11.8 Å². The van der Waals surface area contributed by atoms with Gasteiger partial charge in [0.05, 0.1) is 0 Å². The van der Waals surface area contributed by atoms with Gasteiger partial charge in [-0.15, -0.1) is 0 Å². The predicted octanol–water partition coefficient (Wildman–Crippen LogP) is 1.69. The first-order valence-electron chi connectivity index (χ1n) is 2.55. The molecule has 9 heavy (non-hydrogen) atoms. The summed E-state index contributed by atoms with van der Waals surface area (Å²) in [7, 11) is 0. The summed E-state index contributed by atoms with van der Waals surface area (Å²) in [5.74, 6) is 0.0535. The molecule has 0 aliphatic carbocycles. The Kier molecular flexibility index (Phi) is 4.94. The highest BCUT2D eigenvalue weighted by Gasteiger charge is 1.86. The van der Waals surface area contributed by atoms with Crippen molar-refractivity contribution < 1.29 is 4.79 Å². The van der Waals surface area contributed by atoms with E-state index >= 15 is 0 Å². The summed E-state index contributed by atoms with van der Waals surface area (Å²) in [4.78, 5) is 10.5. The normalized spacial score (nSPS) is 9.33. The van der Waals surface area contributed by atoms with Gasteiger partial charge in [-0.05, 0) is 23.2 Å². The number of ketones is 1. The second-order valence-electron chi connectivity index (χ2n) is 1.33. The number of nitrogens with zero attached hydrogens (tertiary/aromatic N) is 1. The van der Waals surface area contributed by atoms with Gasteiger partial charge in [-0.3, -0.25) is 4.79 Å². The number of thiocyanates is 1. The third-order valence-electron chi connectivity index (χ3n) is 0.723. The topological polar surface area (TPSA) is 40.9 Å². The van der Waals surface area contributed by atoms with E-state index in [0.29, 0.717) is 6.42 Å². The summed E-state index contributed by atoms with van der Waals surface area (Å²) in [6.45, 7) is 1.78. The first kappa shape index (κ1) is 8.25. The fourth-order valence-corrected chi connectivity index (χ4v) is 0.539. The summed E-state index contributed by atoms with van der Waals surface area (Å²) < 4.78 is 0. The van der Waals surface area contributed by atoms with Crippen molar-refractivity contribution in [3.8, 4) is 5.40 Å². The monoisotopic (exact) mass is 141 g/mol. The van der Waals surface area contributed by atoms with Crippen LogP contribution in [-0.4, -0.2) is 5.78 Å². The van der Waals surface area contributed by atoms with Crippen molar-refractivity contribution >= 4 is 17.5 Å². The van der Waals surface area contributed by atoms with E-state index in [1.165, 1.54) is 11.5 Å². The minimum atomic E-state index is 0.0535. The lowest BCUT2D eigenvalue weighted by atomic mass is 10.3. The lowest BCUT2D eigenvalue weighted by Gasteiger charge is -1.79. The van der Waals surface area contributed by atoms with Crippen LogP contribution in [-0.2, 0) is 4.79 Å². The molecule has 2 nitrogen and oxygen atoms in total. The lowest BCUT2D eigenvalue weighted by molar-refractivity contribution is -0.114. The molecule has 0 aliphatic rings. The van der Waals surface area contributed by atoms with Crippen LogP contribution in [0.2, 0.25) is 0 Å². The van der Waals surface area contributed by atoms with Crippen molar-refractivity contribution in [1.29, 1.82) is 5.26 Å². The van der Waals surface area contributed by atoms with Crippen molar-refractivity contribution in [2.75, 3.05) is 0 Å². The standard InChI is InChI=1S/C6H7NOS/c1-2-6(8)3-4-9-5-7/h3-4H,2H2,1H3/b4-3+. The van der Waals surface area contributed by atoms with Crippen LogP contribution in [0.1, 0.15) is 13.3 Å². The molecule has 0 radical (unpaired) electrons. The SMILES string of the molecule is CCC(=O)/C=C/SC#N. The highest BCUT2D eigenvalue weighted by molar-refractivity contribution is 8.06. The number of hydrogen-bond acceptors (Lipinski definition) is 3. The molecule has 3 heteroatoms. The van der Waals surface area contributed by atoms with Crippen LogP contribution in [0.25, 0.3) is 0 Å². The number of carbonyl (C=O) groups is 1. The van der Waals surface area contributed by atoms with Gasteiger partial charge < -0.3 is 0 Å². The van der Waals surface area contributed by atoms with Gasteiger partial charge in [0, 0.05) is 6.42 Å². The van der Waals surface area contributed by atoms with Crippen molar-refractivity contribution in [3.05, 3.63) is 11.5 Å². The summed E-state index contributed by atoms with van der Waals surface area (Å²) in [6, 6.07) is 0. The molecule has 0 heterocycles. The minimum Gasteiger partial charge on any atom is -0.295 e. The highest BCUT2D eigenvalue weighted by Crippen LogP contribution is 1.97. The Balaban J connectivity index is 3.47. The largest absolute Gasteiger partial charge is 0.295 e. The molecule has 0 rings (SSSR count). The fraction of sp³-hybridized carbons (Fsp3) is 0.333. The van der Waals surface area contributed by atoms with Crippen LogP contribution in [0.4, 0.5) is 0 Å². The molecule has 0 saturated heterocycles. The Hall–Kier alpha value is -0.750. The molecule has 0 atom stereocenters. The zero-order chi connectivity index (χ0) is 7.11. The molecular formula is C6H7NOS. The molecule has 0 aromatic carbocycles. The van der Waals surface area contributed by atoms with Gasteiger partial charge in [0.2, 0.25) is 0 Å². The Bertz CT molecular complexity index is 157. The van der Waals surface area contributed by atoms with Crippen LogP contribution < -0.4 is 0 Å². The molecule has 0 aliphatic heterocycles. The molecule has 0 unspecified atom stereocenters. The molecule has 0 amide bonds. The number of nitriles is 1. The molecule has 0 aromatic rings. The van der Waals surface area contributed by atoms with Gasteiger partial charge in [0.15, 0.2) is 5.78 Å². The van der Waals surface area contributed by atoms with Gasteiger partial charge in [-0.25, -0.2) is 0 Å². The maximum Gasteiger partial charge on any atom is 0.155 e. The van der Waals surface area contributed by atoms with Crippen molar-refractivity contribution in [3.63, 3.8) is 0 Å². The molecular weight excluding hydrogens is 134 g/mol. The maximum atomic E-state index is 10.5. The van der Waals surface area contributed by atoms with E-state index in [9.17, 15) is 4.79 Å². The Labute approximate surface area is 58.6 Å². The van der Waals surface area contributed by atoms with E-state index in [1.807, 2.05) is 5.40 Å². The third-order valence-corrected chi connectivity index (χ3v) is 1.10. The first-order chi connectivity index (χ1) is 4.31. The summed E-state index contributed by atoms with van der Waals surface area (Å²) in [5.41, 5.74) is 0. The van der Waals surface area contributed by atoms with Gasteiger partial charge in [0.25, 0.3) is 0 Å². The van der Waals surface area contributed by atoms with E-state index in [1.54, 1.807) is 6.92 Å². The van der Waals surface area contributed by atoms with E-state index in [0.717, 1.165) is 11.8 Å². The predicted molar refractivity (Wildman–Crippen MR) is 37.6 cm³/mol. The Morgan fingerprint density at radius 3 is 3.00 bits per heavy atom. The Morgan fingerprint density at radius 2 is 2.56 bits per heavy atom. The molecule has 48 valence electrons. The van der Waals surface area contributed by atoms with Gasteiger partial charge in [-0.1, -0.05) is 6.92 Å². The van der Waals surface area contributed by atoms with Crippen LogP contribution in [0, 0.1) is 10.7 Å². The molecule has 0 bridgehead atoms. The minimum absolute atomic E-state index is 0.0535. The smallest absolute Gasteiger partial charge is 0.155 e. The number of carbonyl (C=O) groups excluding carboxylic acids is 1. The van der Waals surface area contributed by atoms with Gasteiger partial charge in [0.1, 0.15) is 5.40 Å². The van der Waals surface area contributed by atoms with Gasteiger partial charge in [-0.2, -0.15) is 5.26 Å². The maximum absolute atomic E-state index is 10.5. The fourth-order valence-electron chi connectivity index (χ4n) is 0.258. The summed E-state index contributed by atoms with van der Waals surface area (Å²) in [6.07, 6.45) is 1.91. The highest BCUT2D eigenvalue weighted by atomic mass is 32.2. The number of hydrogen-bond donors (Lipinski definition) is 0. The number of allylic oxidation sites excluding steroid dienone is 1. The van der Waals surface area contributed by atoms with Crippen LogP contribution in [0.3, 0.4) is 0 Å². The average Bonchev–Trinajstić information content (AvgIpc) is 1.89. The lowest BCUT2D eigenvalue weighted by Crippen LogP contribution is -1.85. The van der Waals surface area contributed by atoms with Gasteiger partial charge >= 0.3 is 0 Å². The van der Waals surface area contributed by atoms with E-state index < -0.39 is 0 Å². The molecule has 0 aromatic heterocycles. The zero-order valence-corrected chi connectivity index (χ0v) is 5.94. The van der Waals surface area contributed by atoms with Crippen molar-refractivity contribution in [2.24, 2.45) is 0 Å². The van der Waals surface area contributed by atoms with E-state index in [-0.39, 0.29) is 5.78 Å². The zero-order valence-electron chi connectivity index (χ0n) is 5.13. The van der Waals surface area contributed by atoms with Crippen molar-refractivity contribution in [1.82, 2.24) is 0 Å². The van der Waals surface area contributed by atoms with Crippen LogP contribution in [0.15, 0.2) is 11.5 Å². The van der Waals surface area contributed by atoms with E-state index in [4.69, 9.17) is 5.26 Å². The van der Waals surface area contributed by atoms with E-state index in [2.05, 4.69) is 0 Å². The number of rotatable bonds is 3. The summed E-state index contributed by atoms with van der Waals surface area (Å²) >= 11 is 0.956. The second-order valence-corrected chi connectivity index (χ2v) is 2.02. The first-order valence-corrected chi connectivity index (χ1v) is 3.43. The quantitative estimate of drug-likeness (QED) is 0.443. The molecule has 0 N–H and O–H groups in total. The summed E-state index contributed by atoms with van der Waals surface area (Å²) in [5, 5.41) is 11.3. The third kappa shape index (κ3) is 5.12. The number of thioether (sulfide) groups is 1. The van der Waals surface area contributed by atoms with Crippen LogP contribution in [0.5, 0.6) is 0 Å². The average molecular weight is 141 g/mol. The van der Waals surface area contributed by atoms with Crippen molar-refractivity contribution in [2.45, 2.75) is 13.3 Å². The Morgan fingerprint density at radius 1 is 1.89 bits per heavy atom.